The van der Waals surface area contributed by atoms with Crippen LogP contribution in [0.5, 0.6) is 0 Å². The van der Waals surface area contributed by atoms with Crippen LogP contribution in [0.2, 0.25) is 0 Å². The minimum Gasteiger partial charge on any atom is -0.373 e. The van der Waals surface area contributed by atoms with E-state index in [1.165, 1.54) is 17.1 Å². The molecule has 150 valence electrons. The van der Waals surface area contributed by atoms with Crippen LogP contribution in [0, 0.1) is 0 Å². The summed E-state index contributed by atoms with van der Waals surface area (Å²) in [6.45, 7) is 7.12. The van der Waals surface area contributed by atoms with E-state index in [4.69, 9.17) is 4.74 Å². The number of carbonyl (C=O) groups excluding carboxylic acids is 1. The number of hydrogen-bond acceptors (Lipinski definition) is 4. The molecule has 2 unspecified atom stereocenters. The highest BCUT2D eigenvalue weighted by Crippen LogP contribution is 2.26. The maximum atomic E-state index is 12.9. The zero-order valence-electron chi connectivity index (χ0n) is 16.4. The van der Waals surface area contributed by atoms with E-state index in [2.05, 4.69) is 0 Å². The molecule has 1 aromatic rings. The second-order valence-electron chi connectivity index (χ2n) is 7.63. The molecule has 0 spiro atoms. The van der Waals surface area contributed by atoms with E-state index in [-0.39, 0.29) is 23.0 Å². The van der Waals surface area contributed by atoms with Crippen molar-refractivity contribution >= 4 is 15.9 Å². The van der Waals surface area contributed by atoms with E-state index < -0.39 is 10.0 Å². The van der Waals surface area contributed by atoms with Crippen molar-refractivity contribution in [1.82, 2.24) is 9.21 Å². The highest BCUT2D eigenvalue weighted by molar-refractivity contribution is 7.89. The summed E-state index contributed by atoms with van der Waals surface area (Å²) in [5.41, 5.74) is 0.548. The molecule has 3 rings (SSSR count). The second kappa shape index (κ2) is 8.29. The minimum atomic E-state index is -3.58. The average molecular weight is 395 g/mol. The number of carbonyl (C=O) groups is 1. The van der Waals surface area contributed by atoms with Crippen molar-refractivity contribution in [1.29, 1.82) is 0 Å². The first-order valence-corrected chi connectivity index (χ1v) is 11.3. The lowest BCUT2D eigenvalue weighted by Gasteiger charge is -2.34. The predicted octanol–water partition coefficient (Wildman–Crippen LogP) is 2.89. The molecule has 1 aliphatic heterocycles. The van der Waals surface area contributed by atoms with E-state index in [0.29, 0.717) is 31.2 Å². The van der Waals surface area contributed by atoms with Gasteiger partial charge in [-0.25, -0.2) is 8.42 Å². The topological polar surface area (TPSA) is 66.9 Å². The lowest BCUT2D eigenvalue weighted by Crippen LogP contribution is -2.48. The van der Waals surface area contributed by atoms with Crippen LogP contribution in [0.25, 0.3) is 0 Å². The number of benzene rings is 1. The van der Waals surface area contributed by atoms with Gasteiger partial charge in [0.15, 0.2) is 0 Å². The number of rotatable bonds is 5. The van der Waals surface area contributed by atoms with Crippen molar-refractivity contribution in [2.45, 2.75) is 69.6 Å². The molecule has 0 radical (unpaired) electrons. The Hall–Kier alpha value is -1.44. The van der Waals surface area contributed by atoms with Crippen LogP contribution in [0.1, 0.15) is 56.8 Å². The zero-order valence-corrected chi connectivity index (χ0v) is 17.2. The van der Waals surface area contributed by atoms with Crippen molar-refractivity contribution in [3.05, 3.63) is 29.8 Å². The average Bonchev–Trinajstić information content (AvgIpc) is 3.16. The Balaban J connectivity index is 1.77. The summed E-state index contributed by atoms with van der Waals surface area (Å²) >= 11 is 0. The maximum Gasteiger partial charge on any atom is 0.254 e. The molecule has 1 saturated carbocycles. The van der Waals surface area contributed by atoms with E-state index in [0.717, 1.165) is 12.8 Å². The lowest BCUT2D eigenvalue weighted by atomic mass is 10.1. The van der Waals surface area contributed by atoms with E-state index in [1.807, 2.05) is 25.7 Å². The smallest absolute Gasteiger partial charge is 0.254 e. The van der Waals surface area contributed by atoms with Gasteiger partial charge in [0.05, 0.1) is 17.1 Å². The Bertz CT molecular complexity index is 747. The van der Waals surface area contributed by atoms with Gasteiger partial charge in [0.2, 0.25) is 10.0 Å². The number of nitrogens with zero attached hydrogens (tertiary/aromatic N) is 2. The summed E-state index contributed by atoms with van der Waals surface area (Å²) in [4.78, 5) is 15.0. The lowest BCUT2D eigenvalue weighted by molar-refractivity contribution is -0.0440. The first-order valence-electron chi connectivity index (χ1n) is 9.89. The van der Waals surface area contributed by atoms with Crippen molar-refractivity contribution in [3.8, 4) is 0 Å². The molecule has 0 N–H and O–H groups in total. The van der Waals surface area contributed by atoms with Crippen molar-refractivity contribution < 1.29 is 17.9 Å². The molecule has 1 aliphatic carbocycles. The highest BCUT2D eigenvalue weighted by Gasteiger charge is 2.32. The second-order valence-corrected chi connectivity index (χ2v) is 9.57. The summed E-state index contributed by atoms with van der Waals surface area (Å²) in [6.07, 6.45) is 4.19. The Morgan fingerprint density at radius 2 is 1.67 bits per heavy atom. The SMILES string of the molecule is CCN(C(=O)c1ccc(S(=O)(=O)N2CC(C)OC(C)C2)cc1)C1CCCC1. The molecule has 27 heavy (non-hydrogen) atoms. The van der Waals surface area contributed by atoms with Gasteiger partial charge in [-0.1, -0.05) is 12.8 Å². The highest BCUT2D eigenvalue weighted by atomic mass is 32.2. The summed E-state index contributed by atoms with van der Waals surface area (Å²) in [5.74, 6) is -0.0121. The van der Waals surface area contributed by atoms with E-state index in [1.54, 1.807) is 24.3 Å². The third-order valence-electron chi connectivity index (χ3n) is 5.49. The molecule has 0 aromatic heterocycles. The number of ether oxygens (including phenoxy) is 1. The molecule has 7 heteroatoms. The molecule has 2 atom stereocenters. The summed E-state index contributed by atoms with van der Waals surface area (Å²) in [5, 5.41) is 0. The summed E-state index contributed by atoms with van der Waals surface area (Å²) < 4.78 is 33.0. The Morgan fingerprint density at radius 1 is 1.11 bits per heavy atom. The Morgan fingerprint density at radius 3 is 2.19 bits per heavy atom. The molecule has 1 amide bonds. The number of hydrogen-bond donors (Lipinski definition) is 0. The normalized spacial score (nSPS) is 24.9. The molecular weight excluding hydrogens is 364 g/mol. The largest absolute Gasteiger partial charge is 0.373 e. The number of amides is 1. The monoisotopic (exact) mass is 394 g/mol. The zero-order chi connectivity index (χ0) is 19.6. The Labute approximate surface area is 162 Å². The fraction of sp³-hybridized carbons (Fsp3) is 0.650. The molecule has 2 aliphatic rings. The third-order valence-corrected chi connectivity index (χ3v) is 7.34. The predicted molar refractivity (Wildman–Crippen MR) is 104 cm³/mol. The Kier molecular flexibility index (Phi) is 6.23. The van der Waals surface area contributed by atoms with Gasteiger partial charge < -0.3 is 9.64 Å². The van der Waals surface area contributed by atoms with Crippen LogP contribution in [0.3, 0.4) is 0 Å². The molecule has 0 bridgehead atoms. The maximum absolute atomic E-state index is 12.9. The van der Waals surface area contributed by atoms with Crippen molar-refractivity contribution in [2.75, 3.05) is 19.6 Å². The van der Waals surface area contributed by atoms with Crippen LogP contribution in [0.15, 0.2) is 29.2 Å². The number of sulfonamides is 1. The molecular formula is C20H30N2O4S. The van der Waals surface area contributed by atoms with Gasteiger partial charge in [-0.15, -0.1) is 0 Å². The van der Waals surface area contributed by atoms with Gasteiger partial charge in [0, 0.05) is 31.2 Å². The first kappa shape index (κ1) is 20.3. The number of morpholine rings is 1. The minimum absolute atomic E-state index is 0.0121. The van der Waals surface area contributed by atoms with Gasteiger partial charge in [-0.2, -0.15) is 4.31 Å². The van der Waals surface area contributed by atoms with E-state index in [9.17, 15) is 13.2 Å². The van der Waals surface area contributed by atoms with Crippen LogP contribution in [-0.2, 0) is 14.8 Å². The third kappa shape index (κ3) is 4.36. The van der Waals surface area contributed by atoms with Crippen LogP contribution in [0.4, 0.5) is 0 Å². The van der Waals surface area contributed by atoms with Gasteiger partial charge in [-0.05, 0) is 57.9 Å². The molecule has 1 saturated heterocycles. The summed E-state index contributed by atoms with van der Waals surface area (Å²) in [7, 11) is -3.58. The fourth-order valence-electron chi connectivity index (χ4n) is 4.19. The molecule has 2 fully saturated rings. The van der Waals surface area contributed by atoms with Crippen LogP contribution < -0.4 is 0 Å². The fourth-order valence-corrected chi connectivity index (χ4v) is 5.79. The molecule has 6 nitrogen and oxygen atoms in total. The van der Waals surface area contributed by atoms with Gasteiger partial charge in [0.1, 0.15) is 0 Å². The molecule has 1 aromatic carbocycles. The first-order chi connectivity index (χ1) is 12.8. The van der Waals surface area contributed by atoms with Crippen molar-refractivity contribution in [3.63, 3.8) is 0 Å². The quantitative estimate of drug-likeness (QED) is 0.770. The van der Waals surface area contributed by atoms with Gasteiger partial charge in [0.25, 0.3) is 5.91 Å². The van der Waals surface area contributed by atoms with Crippen molar-refractivity contribution in [2.24, 2.45) is 0 Å². The van der Waals surface area contributed by atoms with Gasteiger partial charge in [-0.3, -0.25) is 4.79 Å². The summed E-state index contributed by atoms with van der Waals surface area (Å²) in [6, 6.07) is 6.69. The van der Waals surface area contributed by atoms with Gasteiger partial charge >= 0.3 is 0 Å². The van der Waals surface area contributed by atoms with Crippen LogP contribution in [-0.4, -0.2) is 61.4 Å². The molecule has 1 heterocycles. The van der Waals surface area contributed by atoms with Crippen LogP contribution >= 0.6 is 0 Å². The standard InChI is InChI=1S/C20H30N2O4S/c1-4-22(18-7-5-6-8-18)20(23)17-9-11-19(12-10-17)27(24,25)21-13-15(2)26-16(3)14-21/h9-12,15-16,18H,4-8,13-14H2,1-3H3. The van der Waals surface area contributed by atoms with E-state index >= 15 is 0 Å².